The molecule has 0 radical (unpaired) electrons. The molecule has 1 aliphatic rings. The zero-order chi connectivity index (χ0) is 10.1. The van der Waals surface area contributed by atoms with Gasteiger partial charge >= 0.3 is 0 Å². The van der Waals surface area contributed by atoms with Gasteiger partial charge in [0, 0.05) is 25.7 Å². The molecule has 1 saturated heterocycles. The van der Waals surface area contributed by atoms with E-state index in [-0.39, 0.29) is 5.91 Å². The van der Waals surface area contributed by atoms with Crippen molar-refractivity contribution < 1.29 is 4.79 Å². The quantitative estimate of drug-likeness (QED) is 0.581. The van der Waals surface area contributed by atoms with E-state index in [4.69, 9.17) is 5.73 Å². The molecule has 4 heteroatoms. The lowest BCUT2D eigenvalue weighted by molar-refractivity contribution is -0.136. The maximum absolute atomic E-state index is 11.7. The summed E-state index contributed by atoms with van der Waals surface area (Å²) in [5.41, 5.74) is 5.00. The first-order chi connectivity index (χ1) is 5.91. The van der Waals surface area contributed by atoms with Crippen LogP contribution in [0.15, 0.2) is 0 Å². The van der Waals surface area contributed by atoms with Crippen LogP contribution in [0.25, 0.3) is 0 Å². The van der Waals surface area contributed by atoms with E-state index in [1.54, 1.807) is 13.8 Å². The summed E-state index contributed by atoms with van der Waals surface area (Å²) in [6, 6.07) is 0.375. The van der Waals surface area contributed by atoms with Crippen LogP contribution in [0, 0.1) is 0 Å². The maximum atomic E-state index is 11.7. The molecule has 76 valence electrons. The monoisotopic (exact) mass is 185 g/mol. The van der Waals surface area contributed by atoms with Crippen molar-refractivity contribution in [2.45, 2.75) is 32.4 Å². The summed E-state index contributed by atoms with van der Waals surface area (Å²) in [7, 11) is 0. The van der Waals surface area contributed by atoms with Gasteiger partial charge in [-0.05, 0) is 20.8 Å². The molecule has 1 rings (SSSR count). The molecule has 1 aliphatic heterocycles. The smallest absolute Gasteiger partial charge is 0.242 e. The third kappa shape index (κ3) is 2.67. The van der Waals surface area contributed by atoms with E-state index in [2.05, 4.69) is 12.2 Å². The number of nitrogens with one attached hydrogen (secondary N) is 1. The molecule has 1 atom stereocenters. The predicted molar refractivity (Wildman–Crippen MR) is 52.3 cm³/mol. The van der Waals surface area contributed by atoms with Gasteiger partial charge in [0.05, 0.1) is 5.54 Å². The number of carbonyl (C=O) groups excluding carboxylic acids is 1. The normalized spacial score (nSPS) is 24.6. The number of carbonyl (C=O) groups is 1. The van der Waals surface area contributed by atoms with Gasteiger partial charge < -0.3 is 16.0 Å². The highest BCUT2D eigenvalue weighted by Gasteiger charge is 2.29. The summed E-state index contributed by atoms with van der Waals surface area (Å²) in [5, 5.41) is 3.28. The van der Waals surface area contributed by atoms with Crippen molar-refractivity contribution in [3.63, 3.8) is 0 Å². The Morgan fingerprint density at radius 2 is 2.23 bits per heavy atom. The minimum atomic E-state index is -0.739. The molecule has 0 saturated carbocycles. The molecule has 1 heterocycles. The first-order valence-corrected chi connectivity index (χ1v) is 4.73. The minimum Gasteiger partial charge on any atom is -0.338 e. The zero-order valence-corrected chi connectivity index (χ0v) is 8.63. The molecule has 0 aromatic carbocycles. The van der Waals surface area contributed by atoms with Crippen LogP contribution in [-0.4, -0.2) is 42.0 Å². The van der Waals surface area contributed by atoms with Gasteiger partial charge in [-0.25, -0.2) is 0 Å². The molecule has 1 amide bonds. The highest BCUT2D eigenvalue weighted by Crippen LogP contribution is 2.07. The van der Waals surface area contributed by atoms with Gasteiger partial charge in [0.15, 0.2) is 0 Å². The summed E-state index contributed by atoms with van der Waals surface area (Å²) in [4.78, 5) is 13.6. The molecule has 0 bridgehead atoms. The Bertz CT molecular complexity index is 198. The number of nitrogens with zero attached hydrogens (tertiary/aromatic N) is 1. The molecule has 0 aromatic rings. The molecule has 1 fully saturated rings. The van der Waals surface area contributed by atoms with Gasteiger partial charge in [-0.2, -0.15) is 0 Å². The largest absolute Gasteiger partial charge is 0.338 e. The van der Waals surface area contributed by atoms with Crippen LogP contribution < -0.4 is 11.1 Å². The highest BCUT2D eigenvalue weighted by atomic mass is 16.2. The lowest BCUT2D eigenvalue weighted by Gasteiger charge is -2.35. The molecule has 0 spiro atoms. The minimum absolute atomic E-state index is 0.0425. The highest BCUT2D eigenvalue weighted by molar-refractivity contribution is 5.85. The van der Waals surface area contributed by atoms with Crippen LogP contribution in [-0.2, 0) is 4.79 Å². The average Bonchev–Trinajstić information content (AvgIpc) is 2.01. The Balaban J connectivity index is 2.56. The lowest BCUT2D eigenvalue weighted by Crippen LogP contribution is -2.58. The Morgan fingerprint density at radius 1 is 1.62 bits per heavy atom. The van der Waals surface area contributed by atoms with Crippen LogP contribution in [0.3, 0.4) is 0 Å². The third-order valence-corrected chi connectivity index (χ3v) is 2.21. The second-order valence-corrected chi connectivity index (χ2v) is 4.33. The average molecular weight is 185 g/mol. The van der Waals surface area contributed by atoms with Crippen LogP contribution in [0.5, 0.6) is 0 Å². The summed E-state index contributed by atoms with van der Waals surface area (Å²) >= 11 is 0. The van der Waals surface area contributed by atoms with Gasteiger partial charge in [-0.15, -0.1) is 0 Å². The zero-order valence-electron chi connectivity index (χ0n) is 8.63. The number of piperazine rings is 1. The number of rotatable bonds is 1. The number of nitrogens with two attached hydrogens (primary N) is 1. The number of amides is 1. The first kappa shape index (κ1) is 10.5. The number of hydrogen-bond donors (Lipinski definition) is 2. The van der Waals surface area contributed by atoms with Gasteiger partial charge in [-0.1, -0.05) is 0 Å². The Labute approximate surface area is 79.5 Å². The molecule has 3 N–H and O–H groups in total. The predicted octanol–water partition coefficient (Wildman–Crippen LogP) is -0.456. The van der Waals surface area contributed by atoms with E-state index in [1.807, 2.05) is 4.90 Å². The van der Waals surface area contributed by atoms with Crippen LogP contribution in [0.4, 0.5) is 0 Å². The number of hydrogen-bond acceptors (Lipinski definition) is 3. The van der Waals surface area contributed by atoms with Crippen LogP contribution >= 0.6 is 0 Å². The SMILES string of the molecule is C[C@@H]1CN(C(=O)C(C)(C)N)CCN1. The second kappa shape index (κ2) is 3.64. The van der Waals surface area contributed by atoms with E-state index in [0.29, 0.717) is 6.04 Å². The van der Waals surface area contributed by atoms with Crippen molar-refractivity contribution in [1.82, 2.24) is 10.2 Å². The van der Waals surface area contributed by atoms with Crippen molar-refractivity contribution in [3.8, 4) is 0 Å². The third-order valence-electron chi connectivity index (χ3n) is 2.21. The van der Waals surface area contributed by atoms with Gasteiger partial charge in [0.2, 0.25) is 5.91 Å². The lowest BCUT2D eigenvalue weighted by atomic mass is 10.0. The standard InChI is InChI=1S/C9H19N3O/c1-7-6-12(5-4-11-7)8(13)9(2,3)10/h7,11H,4-6,10H2,1-3H3/t7-/m1/s1. The molecule has 0 aliphatic carbocycles. The summed E-state index contributed by atoms with van der Waals surface area (Å²) in [6.07, 6.45) is 0. The fourth-order valence-electron chi connectivity index (χ4n) is 1.52. The molecular weight excluding hydrogens is 166 g/mol. The second-order valence-electron chi connectivity index (χ2n) is 4.33. The summed E-state index contributed by atoms with van der Waals surface area (Å²) in [6.45, 7) is 7.97. The van der Waals surface area contributed by atoms with Gasteiger partial charge in [-0.3, -0.25) is 4.79 Å². The Hall–Kier alpha value is -0.610. The maximum Gasteiger partial charge on any atom is 0.242 e. The van der Waals surface area contributed by atoms with E-state index < -0.39 is 5.54 Å². The molecule has 13 heavy (non-hydrogen) atoms. The van der Waals surface area contributed by atoms with Crippen molar-refractivity contribution >= 4 is 5.91 Å². The van der Waals surface area contributed by atoms with Crippen molar-refractivity contribution in [1.29, 1.82) is 0 Å². The first-order valence-electron chi connectivity index (χ1n) is 4.73. The van der Waals surface area contributed by atoms with Crippen LogP contribution in [0.1, 0.15) is 20.8 Å². The fourth-order valence-corrected chi connectivity index (χ4v) is 1.52. The molecule has 0 aromatic heterocycles. The molecule has 0 unspecified atom stereocenters. The van der Waals surface area contributed by atoms with Crippen molar-refractivity contribution in [3.05, 3.63) is 0 Å². The summed E-state index contributed by atoms with van der Waals surface area (Å²) in [5.74, 6) is 0.0425. The van der Waals surface area contributed by atoms with E-state index in [0.717, 1.165) is 19.6 Å². The van der Waals surface area contributed by atoms with Crippen LogP contribution in [0.2, 0.25) is 0 Å². The molecular formula is C9H19N3O. The molecule has 4 nitrogen and oxygen atoms in total. The van der Waals surface area contributed by atoms with E-state index in [9.17, 15) is 4.79 Å². The Kier molecular flexibility index (Phi) is 2.93. The Morgan fingerprint density at radius 3 is 2.69 bits per heavy atom. The van der Waals surface area contributed by atoms with Gasteiger partial charge in [0.25, 0.3) is 0 Å². The van der Waals surface area contributed by atoms with Crippen molar-refractivity contribution in [2.24, 2.45) is 5.73 Å². The summed E-state index contributed by atoms with van der Waals surface area (Å²) < 4.78 is 0. The topological polar surface area (TPSA) is 58.4 Å². The van der Waals surface area contributed by atoms with E-state index >= 15 is 0 Å². The fraction of sp³-hybridized carbons (Fsp3) is 0.889. The van der Waals surface area contributed by atoms with Gasteiger partial charge in [0.1, 0.15) is 0 Å². The van der Waals surface area contributed by atoms with Crippen molar-refractivity contribution in [2.75, 3.05) is 19.6 Å². The van der Waals surface area contributed by atoms with E-state index in [1.165, 1.54) is 0 Å².